The van der Waals surface area contributed by atoms with E-state index in [1.807, 2.05) is 14.1 Å². The van der Waals surface area contributed by atoms with Gasteiger partial charge in [-0.15, -0.1) is 0 Å². The first-order valence-corrected chi connectivity index (χ1v) is 5.97. The number of nitrogens with one attached hydrogen (secondary N) is 1. The minimum absolute atomic E-state index is 0.268. The summed E-state index contributed by atoms with van der Waals surface area (Å²) < 4.78 is 2.60. The highest BCUT2D eigenvalue weighted by Gasteiger charge is 2.08. The molecular formula is C12H22N4O2. The molecule has 0 aliphatic rings. The van der Waals surface area contributed by atoms with Crippen molar-refractivity contribution in [2.24, 2.45) is 14.1 Å². The molecule has 1 atom stereocenters. The van der Waals surface area contributed by atoms with E-state index in [4.69, 9.17) is 0 Å². The third kappa shape index (κ3) is 3.54. The van der Waals surface area contributed by atoms with Crippen LogP contribution in [0.25, 0.3) is 0 Å². The van der Waals surface area contributed by atoms with E-state index < -0.39 is 0 Å². The minimum Gasteiger partial charge on any atom is -0.308 e. The SMILES string of the molecule is CC(CN(C)C)NCc1cc(=O)n(C)c(=O)n1C. The van der Waals surface area contributed by atoms with Crippen LogP contribution in [0.4, 0.5) is 0 Å². The Labute approximate surface area is 107 Å². The molecule has 0 radical (unpaired) electrons. The first kappa shape index (κ1) is 14.7. The molecular weight excluding hydrogens is 232 g/mol. The number of aromatic nitrogens is 2. The van der Waals surface area contributed by atoms with Crippen LogP contribution in [-0.4, -0.2) is 40.7 Å². The summed E-state index contributed by atoms with van der Waals surface area (Å²) in [5.74, 6) is 0. The Bertz CT molecular complexity index is 516. The van der Waals surface area contributed by atoms with Crippen molar-refractivity contribution < 1.29 is 0 Å². The van der Waals surface area contributed by atoms with Crippen molar-refractivity contribution in [3.8, 4) is 0 Å². The second-order valence-corrected chi connectivity index (χ2v) is 4.92. The molecule has 0 aliphatic carbocycles. The summed E-state index contributed by atoms with van der Waals surface area (Å²) in [4.78, 5) is 25.4. The van der Waals surface area contributed by atoms with E-state index in [2.05, 4.69) is 17.1 Å². The predicted molar refractivity (Wildman–Crippen MR) is 71.8 cm³/mol. The zero-order chi connectivity index (χ0) is 13.9. The number of nitrogens with zero attached hydrogens (tertiary/aromatic N) is 3. The highest BCUT2D eigenvalue weighted by Crippen LogP contribution is 1.93. The fraction of sp³-hybridized carbons (Fsp3) is 0.667. The van der Waals surface area contributed by atoms with Gasteiger partial charge in [0.2, 0.25) is 0 Å². The summed E-state index contributed by atoms with van der Waals surface area (Å²) in [5, 5.41) is 3.30. The molecule has 0 bridgehead atoms. The fourth-order valence-electron chi connectivity index (χ4n) is 1.84. The molecule has 18 heavy (non-hydrogen) atoms. The van der Waals surface area contributed by atoms with Gasteiger partial charge < -0.3 is 10.2 Å². The molecule has 1 aromatic rings. The summed E-state index contributed by atoms with van der Waals surface area (Å²) >= 11 is 0. The van der Waals surface area contributed by atoms with E-state index in [9.17, 15) is 9.59 Å². The van der Waals surface area contributed by atoms with Crippen LogP contribution in [-0.2, 0) is 20.6 Å². The maximum Gasteiger partial charge on any atom is 0.330 e. The van der Waals surface area contributed by atoms with Crippen LogP contribution in [0.3, 0.4) is 0 Å². The summed E-state index contributed by atoms with van der Waals surface area (Å²) in [6.45, 7) is 3.48. The average molecular weight is 254 g/mol. The van der Waals surface area contributed by atoms with E-state index in [0.717, 1.165) is 11.1 Å². The maximum absolute atomic E-state index is 11.7. The smallest absolute Gasteiger partial charge is 0.308 e. The van der Waals surface area contributed by atoms with Crippen LogP contribution in [0.5, 0.6) is 0 Å². The van der Waals surface area contributed by atoms with Crippen LogP contribution in [0.1, 0.15) is 12.6 Å². The van der Waals surface area contributed by atoms with E-state index in [1.54, 1.807) is 7.05 Å². The number of hydrogen-bond donors (Lipinski definition) is 1. The summed E-state index contributed by atoms with van der Waals surface area (Å²) in [7, 11) is 7.17. The van der Waals surface area contributed by atoms with Gasteiger partial charge in [-0.3, -0.25) is 13.9 Å². The largest absolute Gasteiger partial charge is 0.330 e. The molecule has 0 saturated carbocycles. The standard InChI is InChI=1S/C12H22N4O2/c1-9(8-14(2)3)13-7-10-6-11(17)16(5)12(18)15(10)4/h6,9,13H,7-8H2,1-5H3. The molecule has 0 aromatic carbocycles. The van der Waals surface area contributed by atoms with Gasteiger partial charge in [-0.25, -0.2) is 4.79 Å². The van der Waals surface area contributed by atoms with Crippen molar-refractivity contribution in [1.82, 2.24) is 19.4 Å². The fourth-order valence-corrected chi connectivity index (χ4v) is 1.84. The van der Waals surface area contributed by atoms with Crippen molar-refractivity contribution in [3.63, 3.8) is 0 Å². The topological polar surface area (TPSA) is 59.3 Å². The number of rotatable bonds is 5. The van der Waals surface area contributed by atoms with Gasteiger partial charge in [0.1, 0.15) is 0 Å². The van der Waals surface area contributed by atoms with Crippen LogP contribution < -0.4 is 16.6 Å². The van der Waals surface area contributed by atoms with Crippen LogP contribution in [0, 0.1) is 0 Å². The molecule has 102 valence electrons. The third-order valence-corrected chi connectivity index (χ3v) is 2.90. The highest BCUT2D eigenvalue weighted by molar-refractivity contribution is 5.02. The van der Waals surface area contributed by atoms with E-state index in [1.165, 1.54) is 17.7 Å². The second-order valence-electron chi connectivity index (χ2n) is 4.92. The van der Waals surface area contributed by atoms with Gasteiger partial charge >= 0.3 is 5.69 Å². The van der Waals surface area contributed by atoms with Crippen LogP contribution in [0.2, 0.25) is 0 Å². The number of likely N-dealkylation sites (N-methyl/N-ethyl adjacent to an activating group) is 1. The molecule has 0 saturated heterocycles. The van der Waals surface area contributed by atoms with Gasteiger partial charge in [-0.05, 0) is 21.0 Å². The molecule has 6 nitrogen and oxygen atoms in total. The normalized spacial score (nSPS) is 13.0. The second kappa shape index (κ2) is 5.97. The summed E-state index contributed by atoms with van der Waals surface area (Å²) in [5.41, 5.74) is 0.142. The van der Waals surface area contributed by atoms with Crippen molar-refractivity contribution >= 4 is 0 Å². The van der Waals surface area contributed by atoms with Crippen LogP contribution in [0.15, 0.2) is 15.7 Å². The Morgan fingerprint density at radius 1 is 1.28 bits per heavy atom. The number of hydrogen-bond acceptors (Lipinski definition) is 4. The van der Waals surface area contributed by atoms with Crippen molar-refractivity contribution in [1.29, 1.82) is 0 Å². The van der Waals surface area contributed by atoms with E-state index >= 15 is 0 Å². The van der Waals surface area contributed by atoms with Crippen LogP contribution >= 0.6 is 0 Å². The highest BCUT2D eigenvalue weighted by atomic mass is 16.2. The monoisotopic (exact) mass is 254 g/mol. The molecule has 0 amide bonds. The van der Waals surface area contributed by atoms with Gasteiger partial charge in [0, 0.05) is 45.0 Å². The van der Waals surface area contributed by atoms with Gasteiger partial charge in [0.25, 0.3) is 5.56 Å². The van der Waals surface area contributed by atoms with Crippen molar-refractivity contribution in [2.45, 2.75) is 19.5 Å². The zero-order valence-corrected chi connectivity index (χ0v) is 11.7. The summed E-state index contributed by atoms with van der Waals surface area (Å²) in [6, 6.07) is 1.79. The Hall–Kier alpha value is -1.40. The molecule has 0 spiro atoms. The Balaban J connectivity index is 2.81. The molecule has 1 heterocycles. The van der Waals surface area contributed by atoms with Crippen molar-refractivity contribution in [2.75, 3.05) is 20.6 Å². The first-order chi connectivity index (χ1) is 8.32. The Morgan fingerprint density at radius 3 is 2.44 bits per heavy atom. The minimum atomic E-state index is -0.292. The average Bonchev–Trinajstić information content (AvgIpc) is 2.28. The quantitative estimate of drug-likeness (QED) is 0.741. The molecule has 6 heteroatoms. The lowest BCUT2D eigenvalue weighted by Crippen LogP contribution is -2.41. The lowest BCUT2D eigenvalue weighted by molar-refractivity contribution is 0.347. The van der Waals surface area contributed by atoms with E-state index in [0.29, 0.717) is 18.3 Å². The summed E-state index contributed by atoms with van der Waals surface area (Å²) in [6.07, 6.45) is 0. The zero-order valence-electron chi connectivity index (χ0n) is 11.7. The molecule has 1 rings (SSSR count). The van der Waals surface area contributed by atoms with Gasteiger partial charge in [-0.2, -0.15) is 0 Å². The molecule has 0 fully saturated rings. The third-order valence-electron chi connectivity index (χ3n) is 2.90. The Kier molecular flexibility index (Phi) is 4.86. The van der Waals surface area contributed by atoms with Crippen molar-refractivity contribution in [3.05, 3.63) is 32.6 Å². The van der Waals surface area contributed by atoms with Gasteiger partial charge in [0.05, 0.1) is 0 Å². The van der Waals surface area contributed by atoms with E-state index in [-0.39, 0.29) is 11.2 Å². The molecule has 1 N–H and O–H groups in total. The molecule has 1 aromatic heterocycles. The van der Waals surface area contributed by atoms with Gasteiger partial charge in [-0.1, -0.05) is 0 Å². The molecule has 1 unspecified atom stereocenters. The maximum atomic E-state index is 11.7. The Morgan fingerprint density at radius 2 is 1.89 bits per heavy atom. The lowest BCUT2D eigenvalue weighted by Gasteiger charge is -2.19. The predicted octanol–water partition coefficient (Wildman–Crippen LogP) is -0.876. The molecule has 0 aliphatic heterocycles. The lowest BCUT2D eigenvalue weighted by atomic mass is 10.3. The van der Waals surface area contributed by atoms with Gasteiger partial charge in [0.15, 0.2) is 0 Å². The first-order valence-electron chi connectivity index (χ1n) is 5.97.